The topological polar surface area (TPSA) is 84.2 Å². The Kier molecular flexibility index (Phi) is 4.96. The molecule has 0 atom stereocenters. The van der Waals surface area contributed by atoms with E-state index in [1.165, 1.54) is 6.20 Å². The molecule has 1 saturated carbocycles. The summed E-state index contributed by atoms with van der Waals surface area (Å²) in [6.45, 7) is 1.90. The van der Waals surface area contributed by atoms with E-state index >= 15 is 0 Å². The molecule has 1 aromatic carbocycles. The molecular weight excluding hydrogens is 318 g/mol. The van der Waals surface area contributed by atoms with Crippen molar-refractivity contribution in [2.24, 2.45) is 5.92 Å². The molecule has 0 radical (unpaired) electrons. The Bertz CT molecular complexity index is 806. The second-order valence-corrected chi connectivity index (χ2v) is 6.09. The molecule has 3 rings (SSSR count). The number of nitrogens with one attached hydrogen (secondary N) is 1. The van der Waals surface area contributed by atoms with Crippen LogP contribution in [-0.2, 0) is 9.53 Å². The summed E-state index contributed by atoms with van der Waals surface area (Å²) in [5.41, 5.74) is 2.10. The van der Waals surface area contributed by atoms with Gasteiger partial charge in [-0.25, -0.2) is 4.98 Å². The van der Waals surface area contributed by atoms with E-state index in [4.69, 9.17) is 14.7 Å². The van der Waals surface area contributed by atoms with Crippen molar-refractivity contribution < 1.29 is 14.3 Å². The minimum absolute atomic E-state index is 0.0176. The fraction of sp³-hybridized carbons (Fsp3) is 0.316. The third-order valence-electron chi connectivity index (χ3n) is 4.32. The molecule has 1 aromatic heterocycles. The van der Waals surface area contributed by atoms with Crippen molar-refractivity contribution in [2.75, 3.05) is 12.4 Å². The molecule has 2 aromatic rings. The number of hydrogen-bond donors (Lipinski definition) is 1. The summed E-state index contributed by atoms with van der Waals surface area (Å²) in [5, 5.41) is 11.7. The molecule has 6 heteroatoms. The van der Waals surface area contributed by atoms with Gasteiger partial charge in [-0.1, -0.05) is 0 Å². The van der Waals surface area contributed by atoms with Crippen molar-refractivity contribution in [3.05, 3.63) is 47.7 Å². The highest BCUT2D eigenvalue weighted by Crippen LogP contribution is 2.31. The first kappa shape index (κ1) is 16.9. The maximum absolute atomic E-state index is 12.2. The molecule has 25 heavy (non-hydrogen) atoms. The fourth-order valence-electron chi connectivity index (χ4n) is 2.68. The van der Waals surface area contributed by atoms with E-state index < -0.39 is 0 Å². The van der Waals surface area contributed by atoms with E-state index in [1.54, 1.807) is 31.4 Å². The van der Waals surface area contributed by atoms with Gasteiger partial charge in [0.05, 0.1) is 11.7 Å². The van der Waals surface area contributed by atoms with Gasteiger partial charge in [-0.05, 0) is 49.6 Å². The standard InChI is InChI=1S/C19H19N3O3/c1-12-7-15(22-19(23)14-8-16(9-14)24-2)4-5-17(12)25-18-6-3-13(10-20)11-21-18/h3-7,11,14,16H,8-9H2,1-2H3,(H,22,23). The zero-order valence-electron chi connectivity index (χ0n) is 14.2. The molecule has 6 nitrogen and oxygen atoms in total. The van der Waals surface area contributed by atoms with Gasteiger partial charge in [0.2, 0.25) is 11.8 Å². The third-order valence-corrected chi connectivity index (χ3v) is 4.32. The van der Waals surface area contributed by atoms with E-state index in [2.05, 4.69) is 10.3 Å². The smallest absolute Gasteiger partial charge is 0.227 e. The summed E-state index contributed by atoms with van der Waals surface area (Å²) in [5.74, 6) is 1.11. The van der Waals surface area contributed by atoms with E-state index in [0.29, 0.717) is 17.2 Å². The van der Waals surface area contributed by atoms with Crippen LogP contribution in [0, 0.1) is 24.2 Å². The number of carbonyl (C=O) groups is 1. The highest BCUT2D eigenvalue weighted by molar-refractivity contribution is 5.93. The molecular formula is C19H19N3O3. The number of ether oxygens (including phenoxy) is 2. The van der Waals surface area contributed by atoms with Crippen LogP contribution in [0.4, 0.5) is 5.69 Å². The summed E-state index contributed by atoms with van der Waals surface area (Å²) in [6, 6.07) is 10.8. The van der Waals surface area contributed by atoms with Crippen molar-refractivity contribution in [1.29, 1.82) is 5.26 Å². The zero-order valence-corrected chi connectivity index (χ0v) is 14.2. The van der Waals surface area contributed by atoms with Crippen molar-refractivity contribution >= 4 is 11.6 Å². The second-order valence-electron chi connectivity index (χ2n) is 6.09. The van der Waals surface area contributed by atoms with Crippen molar-refractivity contribution in [1.82, 2.24) is 4.98 Å². The van der Waals surface area contributed by atoms with Crippen molar-refractivity contribution in [2.45, 2.75) is 25.9 Å². The number of nitrogens with zero attached hydrogens (tertiary/aromatic N) is 2. The second kappa shape index (κ2) is 7.32. The highest BCUT2D eigenvalue weighted by atomic mass is 16.5. The first-order valence-corrected chi connectivity index (χ1v) is 8.07. The van der Waals surface area contributed by atoms with Gasteiger partial charge < -0.3 is 14.8 Å². The Balaban J connectivity index is 1.62. The van der Waals surface area contributed by atoms with Crippen molar-refractivity contribution in [3.8, 4) is 17.7 Å². The molecule has 1 heterocycles. The molecule has 0 bridgehead atoms. The first-order chi connectivity index (χ1) is 12.1. The quantitative estimate of drug-likeness (QED) is 0.904. The van der Waals surface area contributed by atoms with Gasteiger partial charge in [0.1, 0.15) is 11.8 Å². The van der Waals surface area contributed by atoms with Crippen molar-refractivity contribution in [3.63, 3.8) is 0 Å². The summed E-state index contributed by atoms with van der Waals surface area (Å²) >= 11 is 0. The summed E-state index contributed by atoms with van der Waals surface area (Å²) in [4.78, 5) is 16.3. The van der Waals surface area contributed by atoms with Gasteiger partial charge in [-0.15, -0.1) is 0 Å². The molecule has 0 unspecified atom stereocenters. The van der Waals surface area contributed by atoms with Crippen LogP contribution in [0.25, 0.3) is 0 Å². The monoisotopic (exact) mass is 337 g/mol. The molecule has 0 saturated heterocycles. The van der Waals surface area contributed by atoms with Gasteiger partial charge in [0, 0.05) is 31.0 Å². The number of amides is 1. The Hall–Kier alpha value is -2.91. The Morgan fingerprint density at radius 2 is 2.12 bits per heavy atom. The van der Waals surface area contributed by atoms with Crippen LogP contribution in [-0.4, -0.2) is 24.1 Å². The molecule has 1 N–H and O–H groups in total. The van der Waals surface area contributed by atoms with Crippen LogP contribution in [0.1, 0.15) is 24.0 Å². The maximum Gasteiger partial charge on any atom is 0.227 e. The number of carbonyl (C=O) groups excluding carboxylic acids is 1. The predicted molar refractivity (Wildman–Crippen MR) is 92.4 cm³/mol. The van der Waals surface area contributed by atoms with E-state index in [9.17, 15) is 4.79 Å². The lowest BCUT2D eigenvalue weighted by atomic mass is 9.81. The van der Waals surface area contributed by atoms with Crippen LogP contribution in [0.15, 0.2) is 36.5 Å². The lowest BCUT2D eigenvalue weighted by Gasteiger charge is -2.32. The average molecular weight is 337 g/mol. The first-order valence-electron chi connectivity index (χ1n) is 8.07. The van der Waals surface area contributed by atoms with Crippen LogP contribution < -0.4 is 10.1 Å². The molecule has 1 amide bonds. The van der Waals surface area contributed by atoms with Gasteiger partial charge >= 0.3 is 0 Å². The van der Waals surface area contributed by atoms with Gasteiger partial charge in [-0.3, -0.25) is 4.79 Å². The molecule has 1 fully saturated rings. The van der Waals surface area contributed by atoms with E-state index in [0.717, 1.165) is 24.1 Å². The maximum atomic E-state index is 12.2. The Morgan fingerprint density at radius 3 is 2.72 bits per heavy atom. The third kappa shape index (κ3) is 3.95. The van der Waals surface area contributed by atoms with Crippen LogP contribution in [0.5, 0.6) is 11.6 Å². The molecule has 128 valence electrons. The lowest BCUT2D eigenvalue weighted by Crippen LogP contribution is -2.38. The number of aryl methyl sites for hydroxylation is 1. The Morgan fingerprint density at radius 1 is 1.32 bits per heavy atom. The minimum Gasteiger partial charge on any atom is -0.439 e. The Labute approximate surface area is 146 Å². The molecule has 1 aliphatic carbocycles. The van der Waals surface area contributed by atoms with E-state index in [1.807, 2.05) is 19.1 Å². The fourth-order valence-corrected chi connectivity index (χ4v) is 2.68. The van der Waals surface area contributed by atoms with Gasteiger partial charge in [-0.2, -0.15) is 5.26 Å². The van der Waals surface area contributed by atoms with Gasteiger partial charge in [0.15, 0.2) is 0 Å². The number of rotatable bonds is 5. The number of aromatic nitrogens is 1. The molecule has 0 aliphatic heterocycles. The summed E-state index contributed by atoms with van der Waals surface area (Å²) < 4.78 is 10.9. The SMILES string of the molecule is COC1CC(C(=O)Nc2ccc(Oc3ccc(C#N)cn3)c(C)c2)C1. The number of hydrogen-bond acceptors (Lipinski definition) is 5. The summed E-state index contributed by atoms with van der Waals surface area (Å²) in [7, 11) is 1.67. The number of benzene rings is 1. The minimum atomic E-state index is 0.0176. The molecule has 0 spiro atoms. The lowest BCUT2D eigenvalue weighted by molar-refractivity contribution is -0.127. The van der Waals surface area contributed by atoms with Crippen LogP contribution in [0.2, 0.25) is 0 Å². The van der Waals surface area contributed by atoms with E-state index in [-0.39, 0.29) is 17.9 Å². The number of nitriles is 1. The zero-order chi connectivity index (χ0) is 17.8. The number of pyridine rings is 1. The number of methoxy groups -OCH3 is 1. The normalized spacial score (nSPS) is 18.8. The highest BCUT2D eigenvalue weighted by Gasteiger charge is 2.34. The average Bonchev–Trinajstić information content (AvgIpc) is 2.57. The van der Waals surface area contributed by atoms with Crippen LogP contribution >= 0.6 is 0 Å². The van der Waals surface area contributed by atoms with Crippen LogP contribution in [0.3, 0.4) is 0 Å². The number of anilines is 1. The molecule has 1 aliphatic rings. The largest absolute Gasteiger partial charge is 0.439 e. The summed E-state index contributed by atoms with van der Waals surface area (Å²) in [6.07, 6.45) is 3.21. The van der Waals surface area contributed by atoms with Gasteiger partial charge in [0.25, 0.3) is 0 Å². The predicted octanol–water partition coefficient (Wildman–Crippen LogP) is 3.42.